The van der Waals surface area contributed by atoms with Crippen molar-refractivity contribution in [1.82, 2.24) is 14.9 Å². The van der Waals surface area contributed by atoms with Crippen molar-refractivity contribution in [2.45, 2.75) is 6.42 Å². The summed E-state index contributed by atoms with van der Waals surface area (Å²) in [5, 5.41) is 1.49. The van der Waals surface area contributed by atoms with E-state index in [0.29, 0.717) is 24.2 Å². The van der Waals surface area contributed by atoms with Crippen molar-refractivity contribution in [2.75, 3.05) is 38.2 Å². The first-order valence-corrected chi connectivity index (χ1v) is 9.27. The molecule has 1 fully saturated rings. The van der Waals surface area contributed by atoms with Gasteiger partial charge in [0.15, 0.2) is 5.75 Å². The minimum absolute atomic E-state index is 0.0206. The predicted molar refractivity (Wildman–Crippen MR) is 108 cm³/mol. The highest BCUT2D eigenvalue weighted by Gasteiger charge is 2.23. The molecule has 4 rings (SSSR count). The van der Waals surface area contributed by atoms with E-state index in [4.69, 9.17) is 4.74 Å². The van der Waals surface area contributed by atoms with Gasteiger partial charge in [-0.2, -0.15) is 0 Å². The maximum absolute atomic E-state index is 12.7. The van der Waals surface area contributed by atoms with E-state index in [2.05, 4.69) is 14.9 Å². The number of aromatic amines is 1. The van der Waals surface area contributed by atoms with Crippen molar-refractivity contribution in [3.63, 3.8) is 0 Å². The number of benzene rings is 1. The lowest BCUT2D eigenvalue weighted by Gasteiger charge is -2.36. The Morgan fingerprint density at radius 3 is 2.75 bits per heavy atom. The number of methoxy groups -OCH3 is 1. The van der Waals surface area contributed by atoms with Crippen molar-refractivity contribution in [1.29, 1.82) is 0 Å². The molecule has 0 bridgehead atoms. The molecule has 1 amide bonds. The molecule has 0 unspecified atom stereocenters. The summed E-state index contributed by atoms with van der Waals surface area (Å²) in [6.45, 7) is 2.70. The first-order chi connectivity index (χ1) is 13.7. The molecule has 3 heterocycles. The van der Waals surface area contributed by atoms with Crippen LogP contribution in [-0.4, -0.2) is 54.1 Å². The van der Waals surface area contributed by atoms with Crippen LogP contribution in [0.15, 0.2) is 53.6 Å². The Morgan fingerprint density at radius 1 is 1.18 bits per heavy atom. The van der Waals surface area contributed by atoms with E-state index in [9.17, 15) is 9.59 Å². The van der Waals surface area contributed by atoms with Crippen LogP contribution in [0.25, 0.3) is 10.8 Å². The zero-order valence-electron chi connectivity index (χ0n) is 15.7. The van der Waals surface area contributed by atoms with E-state index < -0.39 is 0 Å². The quantitative estimate of drug-likeness (QED) is 0.749. The van der Waals surface area contributed by atoms with E-state index in [1.165, 1.54) is 0 Å². The number of nitrogens with zero attached hydrogens (tertiary/aromatic N) is 3. The molecule has 3 aromatic rings. The zero-order valence-corrected chi connectivity index (χ0v) is 15.7. The molecule has 0 saturated carbocycles. The number of hydrogen-bond acceptors (Lipinski definition) is 5. The van der Waals surface area contributed by atoms with Crippen LogP contribution in [0.4, 0.5) is 5.69 Å². The third-order valence-corrected chi connectivity index (χ3v) is 5.11. The fourth-order valence-corrected chi connectivity index (χ4v) is 3.62. The van der Waals surface area contributed by atoms with Crippen molar-refractivity contribution < 1.29 is 9.53 Å². The van der Waals surface area contributed by atoms with Crippen LogP contribution >= 0.6 is 0 Å². The molecule has 2 aromatic heterocycles. The standard InChI is InChI=1S/C21H22N4O3/c1-28-19-14-22-7-6-18(19)24-8-10-25(11-9-24)20(26)13-16-12-15-4-2-3-5-17(15)21(27)23-16/h2-7,12,14H,8-11,13H2,1H3,(H,23,27). The maximum Gasteiger partial charge on any atom is 0.256 e. The lowest BCUT2D eigenvalue weighted by Crippen LogP contribution is -2.49. The Hall–Kier alpha value is -3.35. The fourth-order valence-electron chi connectivity index (χ4n) is 3.62. The highest BCUT2D eigenvalue weighted by atomic mass is 16.5. The summed E-state index contributed by atoms with van der Waals surface area (Å²) in [5.41, 5.74) is 1.48. The number of amides is 1. The molecule has 0 aliphatic carbocycles. The van der Waals surface area contributed by atoms with Gasteiger partial charge in [0.2, 0.25) is 5.91 Å². The number of aromatic nitrogens is 2. The van der Waals surface area contributed by atoms with Gasteiger partial charge < -0.3 is 19.5 Å². The Labute approximate surface area is 162 Å². The van der Waals surface area contributed by atoms with Crippen LogP contribution in [0.3, 0.4) is 0 Å². The molecular weight excluding hydrogens is 356 g/mol. The first-order valence-electron chi connectivity index (χ1n) is 9.27. The number of carbonyl (C=O) groups excluding carboxylic acids is 1. The fraction of sp³-hybridized carbons (Fsp3) is 0.286. The molecule has 7 nitrogen and oxygen atoms in total. The molecule has 1 N–H and O–H groups in total. The number of anilines is 1. The van der Waals surface area contributed by atoms with Gasteiger partial charge in [0.25, 0.3) is 5.56 Å². The molecule has 1 aliphatic rings. The Kier molecular flexibility index (Phi) is 4.97. The second-order valence-electron chi connectivity index (χ2n) is 6.80. The highest BCUT2D eigenvalue weighted by Crippen LogP contribution is 2.27. The van der Waals surface area contributed by atoms with Gasteiger partial charge >= 0.3 is 0 Å². The average Bonchev–Trinajstić information content (AvgIpc) is 2.74. The number of hydrogen-bond donors (Lipinski definition) is 1. The SMILES string of the molecule is COc1cnccc1N1CCN(C(=O)Cc2cc3ccccc3c(=O)[nH]2)CC1. The van der Waals surface area contributed by atoms with E-state index >= 15 is 0 Å². The molecule has 28 heavy (non-hydrogen) atoms. The van der Waals surface area contributed by atoms with Gasteiger partial charge in [0.1, 0.15) is 0 Å². The second kappa shape index (κ2) is 7.72. The number of piperazine rings is 1. The normalized spacial score (nSPS) is 14.3. The lowest BCUT2D eigenvalue weighted by molar-refractivity contribution is -0.130. The molecule has 7 heteroatoms. The van der Waals surface area contributed by atoms with E-state index in [-0.39, 0.29) is 17.9 Å². The summed E-state index contributed by atoms with van der Waals surface area (Å²) in [6, 6.07) is 11.2. The number of rotatable bonds is 4. The average molecular weight is 378 g/mol. The molecule has 0 radical (unpaired) electrons. The monoisotopic (exact) mass is 378 g/mol. The largest absolute Gasteiger partial charge is 0.493 e. The molecule has 1 aliphatic heterocycles. The molecule has 1 saturated heterocycles. The molecule has 144 valence electrons. The summed E-state index contributed by atoms with van der Waals surface area (Å²) in [6.07, 6.45) is 3.63. The lowest BCUT2D eigenvalue weighted by atomic mass is 10.1. The van der Waals surface area contributed by atoms with Gasteiger partial charge in [0.05, 0.1) is 25.4 Å². The summed E-state index contributed by atoms with van der Waals surface area (Å²) in [5.74, 6) is 0.753. The van der Waals surface area contributed by atoms with E-state index in [1.54, 1.807) is 25.6 Å². The van der Waals surface area contributed by atoms with Crippen molar-refractivity contribution >= 4 is 22.4 Å². The van der Waals surface area contributed by atoms with Crippen LogP contribution in [0.5, 0.6) is 5.75 Å². The third kappa shape index (κ3) is 3.55. The number of nitrogens with one attached hydrogen (secondary N) is 1. The number of carbonyl (C=O) groups is 1. The summed E-state index contributed by atoms with van der Waals surface area (Å²) in [4.78, 5) is 35.9. The van der Waals surface area contributed by atoms with Gasteiger partial charge in [0, 0.05) is 43.5 Å². The number of pyridine rings is 2. The highest BCUT2D eigenvalue weighted by molar-refractivity contribution is 5.84. The maximum atomic E-state index is 12.7. The van der Waals surface area contributed by atoms with Crippen molar-refractivity contribution in [3.05, 3.63) is 64.8 Å². The predicted octanol–water partition coefficient (Wildman–Crippen LogP) is 1.82. The Morgan fingerprint density at radius 2 is 1.96 bits per heavy atom. The number of ether oxygens (including phenoxy) is 1. The molecule has 1 aromatic carbocycles. The summed E-state index contributed by atoms with van der Waals surface area (Å²) >= 11 is 0. The van der Waals surface area contributed by atoms with E-state index in [1.807, 2.05) is 35.2 Å². The smallest absolute Gasteiger partial charge is 0.256 e. The van der Waals surface area contributed by atoms with Crippen molar-refractivity contribution in [2.24, 2.45) is 0 Å². The first kappa shape index (κ1) is 18.0. The molecule has 0 atom stereocenters. The van der Waals surface area contributed by atoms with Gasteiger partial charge in [-0.25, -0.2) is 0 Å². The van der Waals surface area contributed by atoms with Crippen LogP contribution in [0.2, 0.25) is 0 Å². The second-order valence-corrected chi connectivity index (χ2v) is 6.80. The summed E-state index contributed by atoms with van der Waals surface area (Å²) in [7, 11) is 1.63. The zero-order chi connectivity index (χ0) is 19.5. The Bertz CT molecular complexity index is 1050. The van der Waals surface area contributed by atoms with E-state index in [0.717, 1.165) is 29.9 Å². The van der Waals surface area contributed by atoms with Crippen molar-refractivity contribution in [3.8, 4) is 5.75 Å². The van der Waals surface area contributed by atoms with Crippen LogP contribution < -0.4 is 15.2 Å². The third-order valence-electron chi connectivity index (χ3n) is 5.11. The van der Waals surface area contributed by atoms with Crippen LogP contribution in [-0.2, 0) is 11.2 Å². The minimum Gasteiger partial charge on any atom is -0.493 e. The Balaban J connectivity index is 1.43. The number of fused-ring (bicyclic) bond motifs is 1. The molecular formula is C21H22N4O3. The van der Waals surface area contributed by atoms with Crippen LogP contribution in [0.1, 0.15) is 5.69 Å². The summed E-state index contributed by atoms with van der Waals surface area (Å²) < 4.78 is 5.38. The van der Waals surface area contributed by atoms with Gasteiger partial charge in [-0.3, -0.25) is 14.6 Å². The van der Waals surface area contributed by atoms with Gasteiger partial charge in [-0.05, 0) is 23.6 Å². The minimum atomic E-state index is -0.157. The van der Waals surface area contributed by atoms with Gasteiger partial charge in [-0.1, -0.05) is 18.2 Å². The van der Waals surface area contributed by atoms with Gasteiger partial charge in [-0.15, -0.1) is 0 Å². The molecule has 0 spiro atoms. The number of H-pyrrole nitrogens is 1. The topological polar surface area (TPSA) is 78.5 Å². The van der Waals surface area contributed by atoms with Crippen LogP contribution in [0, 0.1) is 0 Å².